The predicted molar refractivity (Wildman–Crippen MR) is 190 cm³/mol. The van der Waals surface area contributed by atoms with E-state index in [1.807, 2.05) is 13.0 Å². The molecule has 3 aliphatic rings. The van der Waals surface area contributed by atoms with Crippen LogP contribution in [0, 0.1) is 11.8 Å². The lowest BCUT2D eigenvalue weighted by atomic mass is 9.89. The molecule has 0 saturated carbocycles. The Bertz CT molecular complexity index is 1580. The van der Waals surface area contributed by atoms with E-state index in [1.165, 1.54) is 25.3 Å². The van der Waals surface area contributed by atoms with Crippen LogP contribution in [0.5, 0.6) is 0 Å². The molecular formula is C39H51NO9S. The molecule has 1 aromatic carbocycles. The average molecular weight is 710 g/mol. The van der Waals surface area contributed by atoms with Gasteiger partial charge < -0.3 is 18.9 Å². The lowest BCUT2D eigenvalue weighted by Gasteiger charge is -2.37. The molecule has 11 heteroatoms. The molecule has 0 aliphatic carbocycles. The molecule has 7 unspecified atom stereocenters. The summed E-state index contributed by atoms with van der Waals surface area (Å²) in [7, 11) is -2.59. The zero-order chi connectivity index (χ0) is 36.1. The normalized spacial score (nSPS) is 30.2. The number of allylic oxidation sites excluding steroid dienone is 5. The topological polar surface area (TPSA) is 134 Å². The van der Waals surface area contributed by atoms with Gasteiger partial charge in [0.15, 0.2) is 0 Å². The largest absolute Gasteiger partial charge is 0.466 e. The monoisotopic (exact) mass is 709 g/mol. The molecule has 1 N–H and O–H groups in total. The first-order valence-electron chi connectivity index (χ1n) is 17.5. The van der Waals surface area contributed by atoms with E-state index in [4.69, 9.17) is 18.9 Å². The number of benzene rings is 1. The van der Waals surface area contributed by atoms with Gasteiger partial charge in [-0.2, -0.15) is 0 Å². The van der Waals surface area contributed by atoms with Crippen LogP contribution in [-0.4, -0.2) is 63.9 Å². The molecule has 1 aromatic rings. The lowest BCUT2D eigenvalue weighted by molar-refractivity contribution is -0.154. The van der Waals surface area contributed by atoms with Gasteiger partial charge in [0.25, 0.3) is 10.0 Å². The average Bonchev–Trinajstić information content (AvgIpc) is 3.06. The quantitative estimate of drug-likeness (QED) is 0.140. The number of amides is 1. The maximum atomic E-state index is 13.3. The summed E-state index contributed by atoms with van der Waals surface area (Å²) < 4.78 is 50.8. The summed E-state index contributed by atoms with van der Waals surface area (Å²) in [6.07, 6.45) is 19.3. The van der Waals surface area contributed by atoms with Crippen LogP contribution in [0.25, 0.3) is 0 Å². The van der Waals surface area contributed by atoms with Gasteiger partial charge >= 0.3 is 11.9 Å². The van der Waals surface area contributed by atoms with Crippen LogP contribution in [0.15, 0.2) is 95.0 Å². The van der Waals surface area contributed by atoms with Gasteiger partial charge in [0, 0.05) is 24.8 Å². The van der Waals surface area contributed by atoms with Crippen molar-refractivity contribution >= 4 is 27.9 Å². The number of esters is 2. The van der Waals surface area contributed by atoms with Crippen molar-refractivity contribution in [3.8, 4) is 0 Å². The van der Waals surface area contributed by atoms with Crippen molar-refractivity contribution in [2.24, 2.45) is 11.8 Å². The fraction of sp³-hybridized carbons (Fsp3) is 0.513. The maximum absolute atomic E-state index is 13.3. The first kappa shape index (κ1) is 39.0. The van der Waals surface area contributed by atoms with Gasteiger partial charge in [-0.3, -0.25) is 9.59 Å². The van der Waals surface area contributed by atoms with E-state index >= 15 is 0 Å². The third-order valence-electron chi connectivity index (χ3n) is 9.05. The number of fused-ring (bicyclic) bond motifs is 4. The standard InChI is InChI=1S/C39H51NO9S/c1-27(21-37(41)40-50(44,45)35-15-8-6-9-16-35)12-7-5-10-17-36-29(3)19-18-28(2)20-31-13-11-14-32(47-31)25-33-22-30(24-38(42)46-4)23-34(48-33)26-39(43)49-36/h5-10,12,15-19,24,28-29,31-34,36H,11,13-14,20-23,25-26H2,1-4H3,(H,40,41)/b7-5-,17-10+,19-18+,27-12+,30-24-. The molecule has 272 valence electrons. The minimum atomic E-state index is -3.94. The molecule has 7 atom stereocenters. The molecular weight excluding hydrogens is 658 g/mol. The van der Waals surface area contributed by atoms with Crippen molar-refractivity contribution in [2.75, 3.05) is 7.11 Å². The molecule has 0 aromatic heterocycles. The van der Waals surface area contributed by atoms with E-state index in [0.717, 1.165) is 31.3 Å². The minimum Gasteiger partial charge on any atom is -0.466 e. The molecule has 0 spiro atoms. The zero-order valence-corrected chi connectivity index (χ0v) is 30.3. The van der Waals surface area contributed by atoms with E-state index in [-0.39, 0.29) is 47.9 Å². The van der Waals surface area contributed by atoms with Gasteiger partial charge in [-0.1, -0.05) is 79.6 Å². The Morgan fingerprint density at radius 2 is 1.62 bits per heavy atom. The van der Waals surface area contributed by atoms with Crippen molar-refractivity contribution in [1.29, 1.82) is 0 Å². The molecule has 2 fully saturated rings. The van der Waals surface area contributed by atoms with E-state index in [9.17, 15) is 22.8 Å². The first-order chi connectivity index (χ1) is 23.9. The Balaban J connectivity index is 1.44. The van der Waals surface area contributed by atoms with Crippen molar-refractivity contribution < 1.29 is 41.7 Å². The highest BCUT2D eigenvalue weighted by Gasteiger charge is 2.33. The van der Waals surface area contributed by atoms with E-state index < -0.39 is 40.1 Å². The molecule has 0 radical (unpaired) electrons. The van der Waals surface area contributed by atoms with Gasteiger partial charge in [0.1, 0.15) is 6.10 Å². The highest BCUT2D eigenvalue weighted by atomic mass is 32.2. The number of hydrogen-bond acceptors (Lipinski definition) is 9. The fourth-order valence-electron chi connectivity index (χ4n) is 6.55. The number of carbonyl (C=O) groups excluding carboxylic acids is 3. The van der Waals surface area contributed by atoms with Crippen molar-refractivity contribution in [3.63, 3.8) is 0 Å². The van der Waals surface area contributed by atoms with Crippen LogP contribution >= 0.6 is 0 Å². The first-order valence-corrected chi connectivity index (χ1v) is 19.0. The SMILES string of the molecule is COC(=O)/C=C1\CC2CC(=O)OC(/C=C/C=C\C=C(/C)CC(=O)NS(=O)(=O)c3ccccc3)C(C)/C=C/C(C)CC3CCCC(CC(C1)O2)O3. The summed E-state index contributed by atoms with van der Waals surface area (Å²) in [5.41, 5.74) is 1.56. The smallest absolute Gasteiger partial charge is 0.330 e. The predicted octanol–water partition coefficient (Wildman–Crippen LogP) is 6.45. The van der Waals surface area contributed by atoms with Gasteiger partial charge in [-0.25, -0.2) is 17.9 Å². The van der Waals surface area contributed by atoms with Gasteiger partial charge in [0.2, 0.25) is 5.91 Å². The number of rotatable bonds is 8. The molecule has 3 aliphatic heterocycles. The highest BCUT2D eigenvalue weighted by molar-refractivity contribution is 7.90. The van der Waals surface area contributed by atoms with Crippen LogP contribution in [0.3, 0.4) is 0 Å². The Kier molecular flexibility index (Phi) is 14.8. The second kappa shape index (κ2) is 19.0. The molecule has 50 heavy (non-hydrogen) atoms. The number of hydrogen-bond donors (Lipinski definition) is 1. The second-order valence-electron chi connectivity index (χ2n) is 13.6. The second-order valence-corrected chi connectivity index (χ2v) is 15.3. The number of carbonyl (C=O) groups is 3. The highest BCUT2D eigenvalue weighted by Crippen LogP contribution is 2.33. The fourth-order valence-corrected chi connectivity index (χ4v) is 7.56. The summed E-state index contributed by atoms with van der Waals surface area (Å²) in [6, 6.07) is 7.73. The van der Waals surface area contributed by atoms with Crippen molar-refractivity contribution in [3.05, 3.63) is 90.1 Å². The molecule has 3 heterocycles. The van der Waals surface area contributed by atoms with Gasteiger partial charge in [-0.15, -0.1) is 0 Å². The third-order valence-corrected chi connectivity index (χ3v) is 10.4. The third kappa shape index (κ3) is 12.8. The molecule has 1 amide bonds. The summed E-state index contributed by atoms with van der Waals surface area (Å²) in [4.78, 5) is 37.8. The van der Waals surface area contributed by atoms with Gasteiger partial charge in [-0.05, 0) is 69.6 Å². The maximum Gasteiger partial charge on any atom is 0.330 e. The number of sulfonamides is 1. The van der Waals surface area contributed by atoms with Crippen LogP contribution < -0.4 is 4.72 Å². The van der Waals surface area contributed by atoms with Crippen molar-refractivity contribution in [1.82, 2.24) is 4.72 Å². The molecule has 2 saturated heterocycles. The van der Waals surface area contributed by atoms with E-state index in [0.29, 0.717) is 24.8 Å². The molecule has 4 rings (SSSR count). The van der Waals surface area contributed by atoms with E-state index in [2.05, 4.69) is 23.8 Å². The Hall–Kier alpha value is -3.80. The van der Waals surface area contributed by atoms with Crippen LogP contribution in [-0.2, 0) is 43.4 Å². The Labute approximate surface area is 296 Å². The zero-order valence-electron chi connectivity index (χ0n) is 29.5. The number of methoxy groups -OCH3 is 1. The summed E-state index contributed by atoms with van der Waals surface area (Å²) in [5, 5.41) is 0. The summed E-state index contributed by atoms with van der Waals surface area (Å²) >= 11 is 0. The van der Waals surface area contributed by atoms with Gasteiger partial charge in [0.05, 0.1) is 42.8 Å². The van der Waals surface area contributed by atoms with E-state index in [1.54, 1.807) is 49.4 Å². The Morgan fingerprint density at radius 3 is 2.36 bits per heavy atom. The summed E-state index contributed by atoms with van der Waals surface area (Å²) in [5.74, 6) is -1.30. The molecule has 4 bridgehead atoms. The molecule has 10 nitrogen and oxygen atoms in total. The lowest BCUT2D eigenvalue weighted by Crippen LogP contribution is -2.37. The minimum absolute atomic E-state index is 0.0231. The number of cyclic esters (lactones) is 1. The van der Waals surface area contributed by atoms with Crippen LogP contribution in [0.4, 0.5) is 0 Å². The summed E-state index contributed by atoms with van der Waals surface area (Å²) in [6.45, 7) is 5.91. The van der Waals surface area contributed by atoms with Crippen LogP contribution in [0.1, 0.15) is 78.6 Å². The number of nitrogens with one attached hydrogen (secondary N) is 1. The Morgan fingerprint density at radius 1 is 0.920 bits per heavy atom. The number of ether oxygens (including phenoxy) is 4. The van der Waals surface area contributed by atoms with Crippen LogP contribution in [0.2, 0.25) is 0 Å². The van der Waals surface area contributed by atoms with Crippen molar-refractivity contribution in [2.45, 2.75) is 114 Å².